The molecule has 2 aliphatic carbocycles. The highest BCUT2D eigenvalue weighted by Crippen LogP contribution is 2.23. The van der Waals surface area contributed by atoms with E-state index >= 15 is 0 Å². The van der Waals surface area contributed by atoms with Crippen LogP contribution in [-0.2, 0) is 25.4 Å². The standard InChI is InChI=1S/C21H32N6O3/c1-25-18-17(19(29)26(2)21(25)30)27(13-16(28)22-14-9-5-3-6-10-14)20(24-18)23-15-11-7-4-8-12-15/h14-15H,3-13H2,1-2H3,(H,22,28)(H,23,24). The fourth-order valence-electron chi connectivity index (χ4n) is 4.80. The molecule has 2 aliphatic rings. The van der Waals surface area contributed by atoms with Gasteiger partial charge in [-0.3, -0.25) is 23.3 Å². The summed E-state index contributed by atoms with van der Waals surface area (Å²) in [6.07, 6.45) is 11.1. The highest BCUT2D eigenvalue weighted by Gasteiger charge is 2.24. The molecule has 2 saturated carbocycles. The number of hydrogen-bond donors (Lipinski definition) is 2. The van der Waals surface area contributed by atoms with Crippen LogP contribution in [-0.4, -0.2) is 36.7 Å². The van der Waals surface area contributed by atoms with Crippen molar-refractivity contribution in [2.75, 3.05) is 5.32 Å². The van der Waals surface area contributed by atoms with Gasteiger partial charge in [-0.2, -0.15) is 4.98 Å². The van der Waals surface area contributed by atoms with E-state index in [2.05, 4.69) is 15.6 Å². The van der Waals surface area contributed by atoms with Crippen molar-refractivity contribution in [3.05, 3.63) is 20.8 Å². The number of carbonyl (C=O) groups excluding carboxylic acids is 1. The zero-order valence-electron chi connectivity index (χ0n) is 17.9. The highest BCUT2D eigenvalue weighted by atomic mass is 16.2. The first kappa shape index (κ1) is 20.7. The van der Waals surface area contributed by atoms with Crippen LogP contribution in [0.15, 0.2) is 9.59 Å². The van der Waals surface area contributed by atoms with E-state index in [0.717, 1.165) is 55.9 Å². The number of imidazole rings is 1. The first-order valence-electron chi connectivity index (χ1n) is 11.2. The van der Waals surface area contributed by atoms with Gasteiger partial charge < -0.3 is 10.6 Å². The molecule has 0 aliphatic heterocycles. The molecule has 1 amide bonds. The maximum atomic E-state index is 12.9. The predicted octanol–water partition coefficient (Wildman–Crippen LogP) is 1.63. The van der Waals surface area contributed by atoms with Gasteiger partial charge in [0.15, 0.2) is 11.2 Å². The Morgan fingerprint density at radius 2 is 1.53 bits per heavy atom. The summed E-state index contributed by atoms with van der Waals surface area (Å²) in [5.74, 6) is 0.373. The maximum absolute atomic E-state index is 12.9. The third kappa shape index (κ3) is 4.02. The normalized spacial score (nSPS) is 18.6. The Morgan fingerprint density at radius 1 is 0.933 bits per heavy atom. The summed E-state index contributed by atoms with van der Waals surface area (Å²) in [5.41, 5.74) is -0.251. The molecule has 2 aromatic heterocycles. The molecule has 0 bridgehead atoms. The quantitative estimate of drug-likeness (QED) is 0.771. The summed E-state index contributed by atoms with van der Waals surface area (Å²) in [6.45, 7) is 0.00942. The van der Waals surface area contributed by atoms with Crippen LogP contribution in [0.25, 0.3) is 11.2 Å². The first-order valence-corrected chi connectivity index (χ1v) is 11.2. The van der Waals surface area contributed by atoms with Gasteiger partial charge in [-0.05, 0) is 25.7 Å². The second-order valence-electron chi connectivity index (χ2n) is 8.78. The summed E-state index contributed by atoms with van der Waals surface area (Å²) in [7, 11) is 3.06. The number of nitrogens with one attached hydrogen (secondary N) is 2. The van der Waals surface area contributed by atoms with E-state index in [1.54, 1.807) is 11.6 Å². The molecule has 0 unspecified atom stereocenters. The Kier molecular flexibility index (Phi) is 5.97. The van der Waals surface area contributed by atoms with Crippen molar-refractivity contribution in [1.29, 1.82) is 0 Å². The molecule has 2 N–H and O–H groups in total. The fourth-order valence-corrected chi connectivity index (χ4v) is 4.80. The smallest absolute Gasteiger partial charge is 0.332 e. The minimum atomic E-state index is -0.428. The van der Waals surface area contributed by atoms with Crippen LogP contribution < -0.4 is 21.9 Å². The molecule has 0 spiro atoms. The van der Waals surface area contributed by atoms with Crippen molar-refractivity contribution in [3.8, 4) is 0 Å². The summed E-state index contributed by atoms with van der Waals surface area (Å²) in [5, 5.41) is 6.57. The van der Waals surface area contributed by atoms with Gasteiger partial charge in [0.05, 0.1) is 0 Å². The topological polar surface area (TPSA) is 103 Å². The molecule has 9 nitrogen and oxygen atoms in total. The molecule has 0 saturated heterocycles. The van der Waals surface area contributed by atoms with Gasteiger partial charge in [0, 0.05) is 26.2 Å². The number of rotatable bonds is 5. The number of fused-ring (bicyclic) bond motifs is 1. The lowest BCUT2D eigenvalue weighted by molar-refractivity contribution is -0.122. The van der Waals surface area contributed by atoms with Gasteiger partial charge in [-0.15, -0.1) is 0 Å². The molecule has 2 fully saturated rings. The number of amides is 1. The van der Waals surface area contributed by atoms with Crippen molar-refractivity contribution in [1.82, 2.24) is 24.0 Å². The van der Waals surface area contributed by atoms with Crippen molar-refractivity contribution in [2.24, 2.45) is 14.1 Å². The monoisotopic (exact) mass is 416 g/mol. The number of hydrogen-bond acceptors (Lipinski definition) is 5. The van der Waals surface area contributed by atoms with Crippen molar-refractivity contribution >= 4 is 23.0 Å². The molecule has 0 atom stereocenters. The fraction of sp³-hybridized carbons (Fsp3) is 0.714. The molecule has 164 valence electrons. The lowest BCUT2D eigenvalue weighted by atomic mass is 9.95. The zero-order valence-corrected chi connectivity index (χ0v) is 17.9. The lowest BCUT2D eigenvalue weighted by Gasteiger charge is -2.25. The maximum Gasteiger partial charge on any atom is 0.332 e. The minimum Gasteiger partial charge on any atom is -0.353 e. The van der Waals surface area contributed by atoms with Gasteiger partial charge in [0.25, 0.3) is 5.56 Å². The number of aromatic nitrogens is 4. The molecule has 2 aromatic rings. The molecule has 9 heteroatoms. The van der Waals surface area contributed by atoms with E-state index in [1.807, 2.05) is 0 Å². The highest BCUT2D eigenvalue weighted by molar-refractivity contribution is 5.81. The van der Waals surface area contributed by atoms with Gasteiger partial charge >= 0.3 is 5.69 Å². The third-order valence-corrected chi connectivity index (χ3v) is 6.56. The SMILES string of the molecule is Cn1c(=O)c2c(nc(NC3CCCCC3)n2CC(=O)NC2CCCCC2)n(C)c1=O. The molecular weight excluding hydrogens is 384 g/mol. The third-order valence-electron chi connectivity index (χ3n) is 6.56. The Labute approximate surface area is 175 Å². The van der Waals surface area contributed by atoms with Crippen LogP contribution in [0.2, 0.25) is 0 Å². The van der Waals surface area contributed by atoms with E-state index in [-0.39, 0.29) is 30.1 Å². The Bertz CT molecular complexity index is 1040. The Morgan fingerprint density at radius 3 is 2.17 bits per heavy atom. The van der Waals surface area contributed by atoms with E-state index in [4.69, 9.17) is 0 Å². The van der Waals surface area contributed by atoms with Crippen LogP contribution in [0.3, 0.4) is 0 Å². The minimum absolute atomic E-state index is 0.00942. The van der Waals surface area contributed by atoms with Crippen LogP contribution >= 0.6 is 0 Å². The van der Waals surface area contributed by atoms with Crippen molar-refractivity contribution in [2.45, 2.75) is 82.8 Å². The van der Waals surface area contributed by atoms with Gasteiger partial charge in [0.2, 0.25) is 11.9 Å². The van der Waals surface area contributed by atoms with E-state index in [1.165, 1.54) is 24.5 Å². The lowest BCUT2D eigenvalue weighted by Crippen LogP contribution is -2.40. The number of anilines is 1. The van der Waals surface area contributed by atoms with Crippen LogP contribution in [0.1, 0.15) is 64.2 Å². The molecular formula is C21H32N6O3. The molecule has 4 rings (SSSR count). The summed E-state index contributed by atoms with van der Waals surface area (Å²) < 4.78 is 4.10. The van der Waals surface area contributed by atoms with Gasteiger partial charge in [-0.1, -0.05) is 38.5 Å². The van der Waals surface area contributed by atoms with Gasteiger partial charge in [0.1, 0.15) is 6.54 Å². The number of nitrogens with zero attached hydrogens (tertiary/aromatic N) is 4. The largest absolute Gasteiger partial charge is 0.353 e. The molecule has 2 heterocycles. The first-order chi connectivity index (χ1) is 14.5. The van der Waals surface area contributed by atoms with Crippen molar-refractivity contribution in [3.63, 3.8) is 0 Å². The number of carbonyl (C=O) groups is 1. The average Bonchev–Trinajstić information content (AvgIpc) is 3.10. The Hall–Kier alpha value is -2.58. The zero-order chi connectivity index (χ0) is 21.3. The van der Waals surface area contributed by atoms with E-state index in [9.17, 15) is 14.4 Å². The predicted molar refractivity (Wildman–Crippen MR) is 116 cm³/mol. The second-order valence-corrected chi connectivity index (χ2v) is 8.78. The molecule has 30 heavy (non-hydrogen) atoms. The summed E-state index contributed by atoms with van der Waals surface area (Å²) >= 11 is 0. The van der Waals surface area contributed by atoms with Crippen molar-refractivity contribution < 1.29 is 4.79 Å². The number of aryl methyl sites for hydroxylation is 1. The molecule has 0 radical (unpaired) electrons. The summed E-state index contributed by atoms with van der Waals surface area (Å²) in [6, 6.07) is 0.458. The van der Waals surface area contributed by atoms with Crippen LogP contribution in [0.5, 0.6) is 0 Å². The summed E-state index contributed by atoms with van der Waals surface area (Å²) in [4.78, 5) is 42.7. The average molecular weight is 417 g/mol. The Balaban J connectivity index is 1.70. The second kappa shape index (κ2) is 8.65. The van der Waals surface area contributed by atoms with Crippen LogP contribution in [0, 0.1) is 0 Å². The van der Waals surface area contributed by atoms with Gasteiger partial charge in [-0.25, -0.2) is 4.79 Å². The molecule has 0 aromatic carbocycles. The van der Waals surface area contributed by atoms with Crippen LogP contribution in [0.4, 0.5) is 5.95 Å². The van der Waals surface area contributed by atoms with E-state index < -0.39 is 11.2 Å². The van der Waals surface area contributed by atoms with E-state index in [0.29, 0.717) is 11.6 Å².